The summed E-state index contributed by atoms with van der Waals surface area (Å²) in [7, 11) is 6.27. The normalized spacial score (nSPS) is 18.2. The van der Waals surface area contributed by atoms with Crippen molar-refractivity contribution in [2.75, 3.05) is 28.4 Å². The van der Waals surface area contributed by atoms with Crippen molar-refractivity contribution in [3.05, 3.63) is 41.5 Å². The molecule has 0 bridgehead atoms. The Morgan fingerprint density at radius 1 is 0.923 bits per heavy atom. The number of methoxy groups -OCH3 is 4. The maximum atomic E-state index is 13.3. The van der Waals surface area contributed by atoms with Crippen LogP contribution in [0.25, 0.3) is 0 Å². The van der Waals surface area contributed by atoms with Crippen molar-refractivity contribution >= 4 is 17.5 Å². The van der Waals surface area contributed by atoms with E-state index in [1.54, 1.807) is 52.3 Å². The summed E-state index contributed by atoms with van der Waals surface area (Å²) in [6.45, 7) is 2.07. The molecule has 0 fully saturated rings. The quantitative estimate of drug-likeness (QED) is 0.707. The Hall–Kier alpha value is -2.34. The highest BCUT2D eigenvalue weighted by Crippen LogP contribution is 2.48. The minimum atomic E-state index is -0.233. The molecule has 0 aromatic heterocycles. The van der Waals surface area contributed by atoms with Gasteiger partial charge in [-0.25, -0.2) is 0 Å². The van der Waals surface area contributed by atoms with Crippen molar-refractivity contribution in [1.29, 1.82) is 0 Å². The predicted molar refractivity (Wildman–Crippen MR) is 101 cm³/mol. The molecule has 2 aromatic carbocycles. The van der Waals surface area contributed by atoms with Crippen LogP contribution in [0.2, 0.25) is 0 Å². The molecule has 6 heteroatoms. The maximum Gasteiger partial charge on any atom is 0.203 e. The van der Waals surface area contributed by atoms with E-state index >= 15 is 0 Å². The second-order valence-electron chi connectivity index (χ2n) is 5.98. The monoisotopic (exact) mass is 374 g/mol. The third-order valence-electron chi connectivity index (χ3n) is 4.57. The van der Waals surface area contributed by atoms with Crippen LogP contribution in [0.15, 0.2) is 35.2 Å². The number of ketones is 1. The van der Waals surface area contributed by atoms with Crippen molar-refractivity contribution < 1.29 is 23.7 Å². The lowest BCUT2D eigenvalue weighted by Crippen LogP contribution is -2.18. The highest BCUT2D eigenvalue weighted by Gasteiger charge is 2.37. The van der Waals surface area contributed by atoms with Crippen LogP contribution in [-0.2, 0) is 0 Å². The Morgan fingerprint density at radius 2 is 1.58 bits per heavy atom. The fourth-order valence-electron chi connectivity index (χ4n) is 3.28. The van der Waals surface area contributed by atoms with Crippen molar-refractivity contribution in [3.8, 4) is 23.0 Å². The number of benzene rings is 2. The molecule has 0 saturated heterocycles. The van der Waals surface area contributed by atoms with E-state index in [9.17, 15) is 4.79 Å². The van der Waals surface area contributed by atoms with E-state index in [1.807, 2.05) is 18.2 Å². The SMILES string of the molecule is COc1ccc2c(c1)SC(C)C2C(=O)c1cc(OC)c(OC)c(OC)c1. The number of thioether (sulfide) groups is 1. The van der Waals surface area contributed by atoms with Gasteiger partial charge in [-0.1, -0.05) is 13.0 Å². The summed E-state index contributed by atoms with van der Waals surface area (Å²) in [6.07, 6.45) is 0. The van der Waals surface area contributed by atoms with Crippen LogP contribution in [0.1, 0.15) is 28.8 Å². The fraction of sp³-hybridized carbons (Fsp3) is 0.350. The topological polar surface area (TPSA) is 54.0 Å². The van der Waals surface area contributed by atoms with Crippen molar-refractivity contribution in [3.63, 3.8) is 0 Å². The highest BCUT2D eigenvalue weighted by atomic mass is 32.2. The minimum absolute atomic E-state index is 0.0353. The van der Waals surface area contributed by atoms with Gasteiger partial charge in [0, 0.05) is 15.7 Å². The van der Waals surface area contributed by atoms with E-state index in [-0.39, 0.29) is 17.0 Å². The predicted octanol–water partition coefficient (Wildman–Crippen LogP) is 4.18. The molecule has 0 saturated carbocycles. The summed E-state index contributed by atoms with van der Waals surface area (Å²) in [5.41, 5.74) is 1.57. The molecular formula is C20H22O5S. The zero-order valence-corrected chi connectivity index (χ0v) is 16.3. The zero-order valence-electron chi connectivity index (χ0n) is 15.5. The van der Waals surface area contributed by atoms with Gasteiger partial charge in [-0.15, -0.1) is 11.8 Å². The molecule has 0 spiro atoms. The standard InChI is InChI=1S/C20H22O5S/c1-11-18(14-7-6-13(22-2)10-17(14)26-11)19(21)12-8-15(23-3)20(25-5)16(9-12)24-4/h6-11,18H,1-5H3. The second-order valence-corrected chi connectivity index (χ2v) is 7.40. The van der Waals surface area contributed by atoms with Crippen LogP contribution in [0, 0.1) is 0 Å². The van der Waals surface area contributed by atoms with Crippen LogP contribution in [0.5, 0.6) is 23.0 Å². The molecule has 2 aromatic rings. The number of carbonyl (C=O) groups excluding carboxylic acids is 1. The molecule has 0 aliphatic carbocycles. The molecule has 1 aliphatic heterocycles. The Morgan fingerprint density at radius 3 is 2.12 bits per heavy atom. The van der Waals surface area contributed by atoms with Crippen molar-refractivity contribution in [1.82, 2.24) is 0 Å². The number of ether oxygens (including phenoxy) is 4. The number of Topliss-reactive ketones (excluding diaryl/α,β-unsaturated/α-hetero) is 1. The maximum absolute atomic E-state index is 13.3. The highest BCUT2D eigenvalue weighted by molar-refractivity contribution is 8.00. The van der Waals surface area contributed by atoms with Crippen LogP contribution in [0.3, 0.4) is 0 Å². The lowest BCUT2D eigenvalue weighted by atomic mass is 9.88. The Balaban J connectivity index is 2.03. The molecule has 0 amide bonds. The van der Waals surface area contributed by atoms with E-state index in [2.05, 4.69) is 6.92 Å². The Labute approximate surface area is 157 Å². The van der Waals surface area contributed by atoms with E-state index in [4.69, 9.17) is 18.9 Å². The second kappa shape index (κ2) is 7.50. The number of hydrogen-bond acceptors (Lipinski definition) is 6. The van der Waals surface area contributed by atoms with Gasteiger partial charge < -0.3 is 18.9 Å². The zero-order chi connectivity index (χ0) is 18.8. The third kappa shape index (κ3) is 3.09. The van der Waals surface area contributed by atoms with Gasteiger partial charge in [0.25, 0.3) is 0 Å². The van der Waals surface area contributed by atoms with Crippen LogP contribution >= 0.6 is 11.8 Å². The van der Waals surface area contributed by atoms with Gasteiger partial charge in [-0.2, -0.15) is 0 Å². The van der Waals surface area contributed by atoms with E-state index in [0.717, 1.165) is 16.2 Å². The molecule has 5 nitrogen and oxygen atoms in total. The lowest BCUT2D eigenvalue weighted by molar-refractivity contribution is 0.0959. The summed E-state index contributed by atoms with van der Waals surface area (Å²) >= 11 is 1.69. The molecule has 3 rings (SSSR count). The van der Waals surface area contributed by atoms with Crippen LogP contribution < -0.4 is 18.9 Å². The van der Waals surface area contributed by atoms with Gasteiger partial charge in [0.2, 0.25) is 5.75 Å². The first-order valence-corrected chi connectivity index (χ1v) is 9.10. The van der Waals surface area contributed by atoms with Gasteiger partial charge >= 0.3 is 0 Å². The molecule has 1 aliphatic rings. The summed E-state index contributed by atoms with van der Waals surface area (Å²) in [5, 5.41) is 0.128. The lowest BCUT2D eigenvalue weighted by Gasteiger charge is -2.18. The summed E-state index contributed by atoms with van der Waals surface area (Å²) in [6, 6.07) is 9.28. The average Bonchev–Trinajstić information content (AvgIpc) is 3.00. The van der Waals surface area contributed by atoms with E-state index in [1.165, 1.54) is 0 Å². The smallest absolute Gasteiger partial charge is 0.203 e. The summed E-state index contributed by atoms with van der Waals surface area (Å²) in [4.78, 5) is 14.4. The van der Waals surface area contributed by atoms with E-state index < -0.39 is 0 Å². The number of hydrogen-bond donors (Lipinski definition) is 0. The summed E-state index contributed by atoms with van der Waals surface area (Å²) < 4.78 is 21.4. The van der Waals surface area contributed by atoms with Crippen LogP contribution in [-0.4, -0.2) is 39.5 Å². The molecule has 0 radical (unpaired) electrons. The minimum Gasteiger partial charge on any atom is -0.497 e. The Kier molecular flexibility index (Phi) is 5.32. The fourth-order valence-corrected chi connectivity index (χ4v) is 4.60. The molecular weight excluding hydrogens is 352 g/mol. The van der Waals surface area contributed by atoms with Gasteiger partial charge in [0.15, 0.2) is 17.3 Å². The average molecular weight is 374 g/mol. The first kappa shape index (κ1) is 18.5. The molecule has 138 valence electrons. The van der Waals surface area contributed by atoms with Gasteiger partial charge in [-0.05, 0) is 29.8 Å². The first-order valence-electron chi connectivity index (χ1n) is 8.22. The molecule has 2 atom stereocenters. The van der Waals surface area contributed by atoms with Crippen molar-refractivity contribution in [2.24, 2.45) is 0 Å². The number of carbonyl (C=O) groups is 1. The van der Waals surface area contributed by atoms with Gasteiger partial charge in [0.05, 0.1) is 34.4 Å². The van der Waals surface area contributed by atoms with Gasteiger partial charge in [0.1, 0.15) is 5.75 Å². The number of fused-ring (bicyclic) bond motifs is 1. The number of rotatable bonds is 6. The third-order valence-corrected chi connectivity index (χ3v) is 5.82. The van der Waals surface area contributed by atoms with Crippen molar-refractivity contribution in [2.45, 2.75) is 23.0 Å². The molecule has 0 N–H and O–H groups in total. The molecule has 26 heavy (non-hydrogen) atoms. The largest absolute Gasteiger partial charge is 0.497 e. The van der Waals surface area contributed by atoms with E-state index in [0.29, 0.717) is 22.8 Å². The van der Waals surface area contributed by atoms with Gasteiger partial charge in [-0.3, -0.25) is 4.79 Å². The first-order chi connectivity index (χ1) is 12.5. The Bertz CT molecular complexity index is 808. The van der Waals surface area contributed by atoms with Crippen LogP contribution in [0.4, 0.5) is 0 Å². The molecule has 2 unspecified atom stereocenters. The summed E-state index contributed by atoms with van der Waals surface area (Å²) in [5.74, 6) is 2.03. The molecule has 1 heterocycles.